The minimum atomic E-state index is 0. The molecular weight excluding hydrogens is 358 g/mol. The molecule has 0 N–H and O–H groups in total. The third-order valence-electron chi connectivity index (χ3n) is 5.15. The molecule has 1 nitrogen and oxygen atoms in total. The van der Waals surface area contributed by atoms with E-state index in [0.717, 1.165) is 0 Å². The van der Waals surface area contributed by atoms with Gasteiger partial charge in [0.1, 0.15) is 0 Å². The highest BCUT2D eigenvalue weighted by Crippen LogP contribution is 2.17. The fourth-order valence-electron chi connectivity index (χ4n) is 3.57. The molecule has 2 heteroatoms. The van der Waals surface area contributed by atoms with Crippen molar-refractivity contribution >= 4 is 0 Å². The third-order valence-corrected chi connectivity index (χ3v) is 5.15. The van der Waals surface area contributed by atoms with E-state index in [9.17, 15) is 0 Å². The van der Waals surface area contributed by atoms with E-state index >= 15 is 0 Å². The Hall–Kier alpha value is -0.340. The highest BCUT2D eigenvalue weighted by atomic mass is 79.9. The number of hydrogen-bond acceptors (Lipinski definition) is 0. The summed E-state index contributed by atoms with van der Waals surface area (Å²) in [5.41, 5.74) is 1.50. The molecular formula is C22H40BrN. The quantitative estimate of drug-likeness (QED) is 0.333. The normalized spacial score (nSPS) is 11.3. The molecule has 0 atom stereocenters. The highest BCUT2D eigenvalue weighted by Gasteiger charge is 2.24. The van der Waals surface area contributed by atoms with Gasteiger partial charge in [-0.3, -0.25) is 0 Å². The second kappa shape index (κ2) is 15.0. The second-order valence-corrected chi connectivity index (χ2v) is 7.24. The predicted molar refractivity (Wildman–Crippen MR) is 104 cm³/mol. The zero-order valence-corrected chi connectivity index (χ0v) is 18.0. The summed E-state index contributed by atoms with van der Waals surface area (Å²) in [4.78, 5) is 0. The zero-order chi connectivity index (χ0) is 16.8. The minimum absolute atomic E-state index is 0. The van der Waals surface area contributed by atoms with Gasteiger partial charge in [-0.15, -0.1) is 0 Å². The minimum Gasteiger partial charge on any atom is -1.00 e. The Kier molecular flexibility index (Phi) is 14.7. The van der Waals surface area contributed by atoms with E-state index in [4.69, 9.17) is 0 Å². The molecule has 0 bridgehead atoms. The number of nitrogens with zero attached hydrogens (tertiary/aromatic N) is 1. The molecule has 1 rings (SSSR count). The van der Waals surface area contributed by atoms with Crippen LogP contribution in [0, 0.1) is 0 Å². The van der Waals surface area contributed by atoms with Crippen LogP contribution in [0.2, 0.25) is 0 Å². The van der Waals surface area contributed by atoms with Gasteiger partial charge in [0.15, 0.2) is 0 Å². The van der Waals surface area contributed by atoms with E-state index in [-0.39, 0.29) is 17.0 Å². The number of rotatable bonds is 14. The Morgan fingerprint density at radius 1 is 0.625 bits per heavy atom. The SMILES string of the molecule is CCCC[N+](CCCC)(CCCC)CCCCc1ccccc1.[Br-]. The molecule has 24 heavy (non-hydrogen) atoms. The van der Waals surface area contributed by atoms with Crippen LogP contribution in [-0.4, -0.2) is 30.7 Å². The Morgan fingerprint density at radius 3 is 1.54 bits per heavy atom. The molecule has 0 fully saturated rings. The fourth-order valence-corrected chi connectivity index (χ4v) is 3.57. The van der Waals surface area contributed by atoms with Gasteiger partial charge >= 0.3 is 0 Å². The van der Waals surface area contributed by atoms with Gasteiger partial charge in [-0.2, -0.15) is 0 Å². The molecule has 0 aromatic heterocycles. The summed E-state index contributed by atoms with van der Waals surface area (Å²) in [5.74, 6) is 0. The maximum Gasteiger partial charge on any atom is 0.0786 e. The number of benzene rings is 1. The van der Waals surface area contributed by atoms with Crippen LogP contribution < -0.4 is 17.0 Å². The van der Waals surface area contributed by atoms with Crippen molar-refractivity contribution in [2.24, 2.45) is 0 Å². The van der Waals surface area contributed by atoms with E-state index in [0.29, 0.717) is 0 Å². The third kappa shape index (κ3) is 9.84. The van der Waals surface area contributed by atoms with Crippen LogP contribution in [0.1, 0.15) is 77.7 Å². The molecule has 0 heterocycles. The van der Waals surface area contributed by atoms with Crippen LogP contribution >= 0.6 is 0 Å². The smallest absolute Gasteiger partial charge is 0.0786 e. The molecule has 0 saturated carbocycles. The van der Waals surface area contributed by atoms with Crippen molar-refractivity contribution in [3.05, 3.63) is 35.9 Å². The molecule has 0 spiro atoms. The van der Waals surface area contributed by atoms with Gasteiger partial charge in [0.05, 0.1) is 26.2 Å². The van der Waals surface area contributed by atoms with Gasteiger partial charge in [0.2, 0.25) is 0 Å². The van der Waals surface area contributed by atoms with Crippen molar-refractivity contribution in [1.29, 1.82) is 0 Å². The van der Waals surface area contributed by atoms with Gasteiger partial charge in [0, 0.05) is 0 Å². The zero-order valence-electron chi connectivity index (χ0n) is 16.4. The van der Waals surface area contributed by atoms with Crippen LogP contribution in [0.5, 0.6) is 0 Å². The molecule has 0 amide bonds. The summed E-state index contributed by atoms with van der Waals surface area (Å²) >= 11 is 0. The molecule has 0 radical (unpaired) electrons. The lowest BCUT2D eigenvalue weighted by Crippen LogP contribution is -3.00. The first-order valence-corrected chi connectivity index (χ1v) is 10.2. The topological polar surface area (TPSA) is 0 Å². The van der Waals surface area contributed by atoms with Crippen LogP contribution in [-0.2, 0) is 6.42 Å². The first-order chi connectivity index (χ1) is 11.3. The van der Waals surface area contributed by atoms with Crippen LogP contribution in [0.3, 0.4) is 0 Å². The summed E-state index contributed by atoms with van der Waals surface area (Å²) in [6.45, 7) is 12.6. The number of aryl methyl sites for hydroxylation is 1. The van der Waals surface area contributed by atoms with Crippen molar-refractivity contribution in [1.82, 2.24) is 0 Å². The Morgan fingerprint density at radius 2 is 1.08 bits per heavy atom. The molecule has 1 aromatic carbocycles. The highest BCUT2D eigenvalue weighted by molar-refractivity contribution is 5.14. The Labute approximate surface area is 162 Å². The van der Waals surface area contributed by atoms with E-state index in [1.165, 1.54) is 94.0 Å². The molecule has 0 aliphatic carbocycles. The molecule has 1 aromatic rings. The first-order valence-electron chi connectivity index (χ1n) is 10.2. The summed E-state index contributed by atoms with van der Waals surface area (Å²) in [6, 6.07) is 11.0. The summed E-state index contributed by atoms with van der Waals surface area (Å²) in [6.07, 6.45) is 12.2. The largest absolute Gasteiger partial charge is 1.00 e. The second-order valence-electron chi connectivity index (χ2n) is 7.24. The van der Waals surface area contributed by atoms with Crippen LogP contribution in [0.4, 0.5) is 0 Å². The fraction of sp³-hybridized carbons (Fsp3) is 0.727. The molecule has 0 aliphatic heterocycles. The number of hydrogen-bond donors (Lipinski definition) is 0. The van der Waals surface area contributed by atoms with Gasteiger partial charge < -0.3 is 21.5 Å². The lowest BCUT2D eigenvalue weighted by molar-refractivity contribution is -0.929. The van der Waals surface area contributed by atoms with Crippen molar-refractivity contribution in [2.45, 2.75) is 78.6 Å². The maximum atomic E-state index is 2.34. The van der Waals surface area contributed by atoms with Gasteiger partial charge in [0.25, 0.3) is 0 Å². The standard InChI is InChI=1S/C22H40N.BrH/c1-4-7-18-23(19-8-5-2,20-9-6-3)21-14-13-17-22-15-11-10-12-16-22;/h10-12,15-16H,4-9,13-14,17-21H2,1-3H3;1H/q+1;/p-1. The summed E-state index contributed by atoms with van der Waals surface area (Å²) in [7, 11) is 0. The van der Waals surface area contributed by atoms with Gasteiger partial charge in [-0.05, 0) is 44.1 Å². The van der Waals surface area contributed by atoms with E-state index in [2.05, 4.69) is 51.1 Å². The molecule has 140 valence electrons. The first kappa shape index (κ1) is 23.7. The lowest BCUT2D eigenvalue weighted by Gasteiger charge is -2.39. The molecule has 0 aliphatic rings. The number of unbranched alkanes of at least 4 members (excludes halogenated alkanes) is 4. The van der Waals surface area contributed by atoms with Gasteiger partial charge in [-0.1, -0.05) is 70.4 Å². The number of quaternary nitrogens is 1. The molecule has 0 saturated heterocycles. The van der Waals surface area contributed by atoms with Crippen LogP contribution in [0.25, 0.3) is 0 Å². The summed E-state index contributed by atoms with van der Waals surface area (Å²) in [5, 5.41) is 0. The monoisotopic (exact) mass is 397 g/mol. The van der Waals surface area contributed by atoms with Crippen molar-refractivity contribution in [3.63, 3.8) is 0 Å². The average molecular weight is 398 g/mol. The van der Waals surface area contributed by atoms with E-state index < -0.39 is 0 Å². The Balaban J connectivity index is 0.00000529. The predicted octanol–water partition coefficient (Wildman–Crippen LogP) is 3.23. The summed E-state index contributed by atoms with van der Waals surface area (Å²) < 4.78 is 1.39. The van der Waals surface area contributed by atoms with E-state index in [1.807, 2.05) is 0 Å². The van der Waals surface area contributed by atoms with Crippen LogP contribution in [0.15, 0.2) is 30.3 Å². The Bertz CT molecular complexity index is 355. The number of halogens is 1. The lowest BCUT2D eigenvalue weighted by atomic mass is 10.1. The maximum absolute atomic E-state index is 2.34. The molecule has 0 unspecified atom stereocenters. The van der Waals surface area contributed by atoms with E-state index in [1.54, 1.807) is 0 Å². The average Bonchev–Trinajstić information content (AvgIpc) is 2.60. The van der Waals surface area contributed by atoms with Crippen molar-refractivity contribution in [2.75, 3.05) is 26.2 Å². The van der Waals surface area contributed by atoms with Crippen molar-refractivity contribution in [3.8, 4) is 0 Å². The van der Waals surface area contributed by atoms with Gasteiger partial charge in [-0.25, -0.2) is 0 Å². The van der Waals surface area contributed by atoms with Crippen molar-refractivity contribution < 1.29 is 21.5 Å².